The summed E-state index contributed by atoms with van der Waals surface area (Å²) in [5, 5.41) is 0. The van der Waals surface area contributed by atoms with Crippen molar-refractivity contribution < 1.29 is 9.53 Å². The lowest BCUT2D eigenvalue weighted by molar-refractivity contribution is 0.0428. The average Bonchev–Trinajstić information content (AvgIpc) is 2.02. The van der Waals surface area contributed by atoms with E-state index in [1.165, 1.54) is 0 Å². The SMILES string of the molecule is Cc1ccccc1C(C)(C)OC(N)=O. The summed E-state index contributed by atoms with van der Waals surface area (Å²) in [7, 11) is 0. The molecule has 0 aliphatic carbocycles. The van der Waals surface area contributed by atoms with Crippen molar-refractivity contribution in [3.63, 3.8) is 0 Å². The number of carbonyl (C=O) groups is 1. The molecule has 2 N–H and O–H groups in total. The maximum atomic E-state index is 10.7. The lowest BCUT2D eigenvalue weighted by atomic mass is 9.94. The van der Waals surface area contributed by atoms with Crippen LogP contribution < -0.4 is 5.73 Å². The molecule has 0 fully saturated rings. The van der Waals surface area contributed by atoms with E-state index < -0.39 is 11.7 Å². The zero-order valence-corrected chi connectivity index (χ0v) is 8.70. The number of aryl methyl sites for hydroxylation is 1. The number of ether oxygens (including phenoxy) is 1. The molecular weight excluding hydrogens is 178 g/mol. The van der Waals surface area contributed by atoms with E-state index in [-0.39, 0.29) is 0 Å². The van der Waals surface area contributed by atoms with Gasteiger partial charge in [0.1, 0.15) is 5.60 Å². The molecule has 1 rings (SSSR count). The Morgan fingerprint density at radius 2 is 1.93 bits per heavy atom. The second kappa shape index (κ2) is 3.70. The van der Waals surface area contributed by atoms with E-state index in [1.807, 2.05) is 45.0 Å². The molecule has 0 heterocycles. The first-order valence-corrected chi connectivity index (χ1v) is 4.48. The van der Waals surface area contributed by atoms with Gasteiger partial charge in [0, 0.05) is 0 Å². The van der Waals surface area contributed by atoms with Crippen LogP contribution in [0.5, 0.6) is 0 Å². The first-order valence-electron chi connectivity index (χ1n) is 4.48. The van der Waals surface area contributed by atoms with Crippen LogP contribution in [0, 0.1) is 6.92 Å². The topological polar surface area (TPSA) is 52.3 Å². The molecular formula is C11H15NO2. The Morgan fingerprint density at radius 1 is 1.36 bits per heavy atom. The average molecular weight is 193 g/mol. The summed E-state index contributed by atoms with van der Waals surface area (Å²) in [5.74, 6) is 0. The minimum absolute atomic E-state index is 0.669. The van der Waals surface area contributed by atoms with Crippen molar-refractivity contribution in [3.05, 3.63) is 35.4 Å². The fraction of sp³-hybridized carbons (Fsp3) is 0.364. The Labute approximate surface area is 83.9 Å². The molecule has 0 atom stereocenters. The first kappa shape index (κ1) is 10.6. The van der Waals surface area contributed by atoms with Crippen molar-refractivity contribution in [1.29, 1.82) is 0 Å². The molecule has 3 heteroatoms. The second-order valence-electron chi connectivity index (χ2n) is 3.75. The van der Waals surface area contributed by atoms with Gasteiger partial charge in [-0.1, -0.05) is 24.3 Å². The number of benzene rings is 1. The molecule has 0 aliphatic rings. The summed E-state index contributed by atoms with van der Waals surface area (Å²) in [6.45, 7) is 5.61. The zero-order valence-electron chi connectivity index (χ0n) is 8.70. The summed E-state index contributed by atoms with van der Waals surface area (Å²) < 4.78 is 5.04. The summed E-state index contributed by atoms with van der Waals surface area (Å²) in [5.41, 5.74) is 6.39. The molecule has 1 amide bonds. The van der Waals surface area contributed by atoms with E-state index in [1.54, 1.807) is 0 Å². The van der Waals surface area contributed by atoms with Gasteiger partial charge in [-0.2, -0.15) is 0 Å². The number of primary amides is 1. The van der Waals surface area contributed by atoms with E-state index in [9.17, 15) is 4.79 Å². The van der Waals surface area contributed by atoms with Crippen LogP contribution in [0.2, 0.25) is 0 Å². The van der Waals surface area contributed by atoms with E-state index in [2.05, 4.69) is 0 Å². The number of carbonyl (C=O) groups excluding carboxylic acids is 1. The molecule has 0 saturated heterocycles. The monoisotopic (exact) mass is 193 g/mol. The summed E-state index contributed by atoms with van der Waals surface area (Å²) >= 11 is 0. The van der Waals surface area contributed by atoms with E-state index >= 15 is 0 Å². The van der Waals surface area contributed by atoms with Gasteiger partial charge < -0.3 is 10.5 Å². The van der Waals surface area contributed by atoms with Crippen LogP contribution in [0.25, 0.3) is 0 Å². The lowest BCUT2D eigenvalue weighted by Crippen LogP contribution is -2.29. The Kier molecular flexibility index (Phi) is 2.79. The van der Waals surface area contributed by atoms with Gasteiger partial charge in [-0.3, -0.25) is 0 Å². The fourth-order valence-electron chi connectivity index (χ4n) is 1.55. The number of amides is 1. The zero-order chi connectivity index (χ0) is 10.8. The maximum absolute atomic E-state index is 10.7. The summed E-state index contributed by atoms with van der Waals surface area (Å²) in [6.07, 6.45) is -0.752. The van der Waals surface area contributed by atoms with Crippen molar-refractivity contribution >= 4 is 6.09 Å². The van der Waals surface area contributed by atoms with Crippen LogP contribution in [0.1, 0.15) is 25.0 Å². The highest BCUT2D eigenvalue weighted by Gasteiger charge is 2.25. The summed E-state index contributed by atoms with van der Waals surface area (Å²) in [6, 6.07) is 7.76. The second-order valence-corrected chi connectivity index (χ2v) is 3.75. The molecule has 0 aliphatic heterocycles. The molecule has 0 saturated carbocycles. The highest BCUT2D eigenvalue weighted by Crippen LogP contribution is 2.26. The largest absolute Gasteiger partial charge is 0.439 e. The third kappa shape index (κ3) is 2.25. The highest BCUT2D eigenvalue weighted by atomic mass is 16.6. The van der Waals surface area contributed by atoms with E-state index in [4.69, 9.17) is 10.5 Å². The quantitative estimate of drug-likeness (QED) is 0.783. The van der Waals surface area contributed by atoms with Crippen LogP contribution in [0.15, 0.2) is 24.3 Å². The van der Waals surface area contributed by atoms with Crippen LogP contribution in [-0.2, 0) is 10.3 Å². The van der Waals surface area contributed by atoms with Gasteiger partial charge in [0.2, 0.25) is 0 Å². The summed E-state index contributed by atoms with van der Waals surface area (Å²) in [4.78, 5) is 10.7. The van der Waals surface area contributed by atoms with Gasteiger partial charge in [0.15, 0.2) is 0 Å². The van der Waals surface area contributed by atoms with Crippen molar-refractivity contribution in [2.24, 2.45) is 5.73 Å². The minimum atomic E-state index is -0.752. The Balaban J connectivity index is 3.03. The predicted molar refractivity (Wildman–Crippen MR) is 54.9 cm³/mol. The third-order valence-corrected chi connectivity index (χ3v) is 2.15. The molecule has 0 spiro atoms. The molecule has 0 aromatic heterocycles. The van der Waals surface area contributed by atoms with Crippen LogP contribution in [0.4, 0.5) is 4.79 Å². The first-order chi connectivity index (χ1) is 6.43. The number of hydrogen-bond donors (Lipinski definition) is 1. The molecule has 0 unspecified atom stereocenters. The van der Waals surface area contributed by atoms with Gasteiger partial charge >= 0.3 is 6.09 Å². The van der Waals surface area contributed by atoms with Crippen LogP contribution in [0.3, 0.4) is 0 Å². The molecule has 1 aromatic carbocycles. The Morgan fingerprint density at radius 3 is 2.43 bits per heavy atom. The fourth-order valence-corrected chi connectivity index (χ4v) is 1.55. The van der Waals surface area contributed by atoms with Crippen molar-refractivity contribution in [1.82, 2.24) is 0 Å². The number of rotatable bonds is 2. The Bertz CT molecular complexity index is 345. The van der Waals surface area contributed by atoms with Gasteiger partial charge in [0.25, 0.3) is 0 Å². The normalized spacial score (nSPS) is 11.1. The van der Waals surface area contributed by atoms with Gasteiger partial charge in [-0.25, -0.2) is 4.79 Å². The Hall–Kier alpha value is -1.51. The third-order valence-electron chi connectivity index (χ3n) is 2.15. The van der Waals surface area contributed by atoms with Crippen LogP contribution in [-0.4, -0.2) is 6.09 Å². The standard InChI is InChI=1S/C11H15NO2/c1-8-6-4-5-7-9(8)11(2,3)14-10(12)13/h4-7H,1-3H3,(H2,12,13). The molecule has 3 nitrogen and oxygen atoms in total. The van der Waals surface area contributed by atoms with Gasteiger partial charge in [-0.15, -0.1) is 0 Å². The van der Waals surface area contributed by atoms with Crippen LogP contribution >= 0.6 is 0 Å². The van der Waals surface area contributed by atoms with Crippen molar-refractivity contribution in [2.75, 3.05) is 0 Å². The smallest absolute Gasteiger partial charge is 0.405 e. The number of hydrogen-bond acceptors (Lipinski definition) is 2. The van der Waals surface area contributed by atoms with Gasteiger partial charge in [-0.05, 0) is 31.9 Å². The highest BCUT2D eigenvalue weighted by molar-refractivity contribution is 5.65. The molecule has 0 bridgehead atoms. The van der Waals surface area contributed by atoms with Crippen molar-refractivity contribution in [3.8, 4) is 0 Å². The maximum Gasteiger partial charge on any atom is 0.405 e. The molecule has 14 heavy (non-hydrogen) atoms. The number of nitrogens with two attached hydrogens (primary N) is 1. The molecule has 1 aromatic rings. The lowest BCUT2D eigenvalue weighted by Gasteiger charge is -2.26. The van der Waals surface area contributed by atoms with Crippen molar-refractivity contribution in [2.45, 2.75) is 26.4 Å². The minimum Gasteiger partial charge on any atom is -0.439 e. The predicted octanol–water partition coefficient (Wildman–Crippen LogP) is 2.33. The van der Waals surface area contributed by atoms with E-state index in [0.29, 0.717) is 0 Å². The van der Waals surface area contributed by atoms with Gasteiger partial charge in [0.05, 0.1) is 0 Å². The molecule has 76 valence electrons. The van der Waals surface area contributed by atoms with E-state index in [0.717, 1.165) is 11.1 Å². The molecule has 0 radical (unpaired) electrons.